The molecule has 1 heterocycles. The zero-order valence-electron chi connectivity index (χ0n) is 13.6. The highest BCUT2D eigenvalue weighted by molar-refractivity contribution is 8.14. The van der Waals surface area contributed by atoms with Crippen LogP contribution in [-0.4, -0.2) is 23.4 Å². The van der Waals surface area contributed by atoms with E-state index in [4.69, 9.17) is 4.74 Å². The summed E-state index contributed by atoms with van der Waals surface area (Å²) in [5.74, 6) is 0.735. The summed E-state index contributed by atoms with van der Waals surface area (Å²) < 4.78 is 5.19. The SMILES string of the molecule is COc1ccc(C2Nc3c(ccc4ccccc34)SC(=O)C2O)cc1. The second kappa shape index (κ2) is 6.43. The lowest BCUT2D eigenvalue weighted by Gasteiger charge is -2.23. The van der Waals surface area contributed by atoms with E-state index in [9.17, 15) is 9.90 Å². The van der Waals surface area contributed by atoms with Crippen molar-refractivity contribution < 1.29 is 14.6 Å². The molecule has 1 aliphatic heterocycles. The van der Waals surface area contributed by atoms with Gasteiger partial charge in [-0.3, -0.25) is 4.79 Å². The second-order valence-electron chi connectivity index (χ2n) is 5.92. The minimum absolute atomic E-state index is 0.262. The predicted molar refractivity (Wildman–Crippen MR) is 100 cm³/mol. The van der Waals surface area contributed by atoms with E-state index in [1.54, 1.807) is 7.11 Å². The lowest BCUT2D eigenvalue weighted by atomic mass is 10.0. The molecule has 25 heavy (non-hydrogen) atoms. The Morgan fingerprint density at radius 2 is 1.80 bits per heavy atom. The highest BCUT2D eigenvalue weighted by Gasteiger charge is 2.33. The molecule has 4 nitrogen and oxygen atoms in total. The van der Waals surface area contributed by atoms with Crippen LogP contribution >= 0.6 is 11.8 Å². The van der Waals surface area contributed by atoms with Gasteiger partial charge in [-0.25, -0.2) is 0 Å². The standard InChI is InChI=1S/C20H17NO3S/c1-24-14-9-6-13(7-10-14)17-19(22)20(23)25-16-11-8-12-4-2-3-5-15(12)18(16)21-17/h2-11,17,19,21-22H,1H3. The average molecular weight is 351 g/mol. The van der Waals surface area contributed by atoms with Crippen molar-refractivity contribution in [1.82, 2.24) is 0 Å². The predicted octanol–water partition coefficient (Wildman–Crippen LogP) is 3.99. The van der Waals surface area contributed by atoms with E-state index in [0.29, 0.717) is 0 Å². The van der Waals surface area contributed by atoms with E-state index in [-0.39, 0.29) is 5.12 Å². The topological polar surface area (TPSA) is 58.6 Å². The van der Waals surface area contributed by atoms with Crippen molar-refractivity contribution >= 4 is 33.3 Å². The van der Waals surface area contributed by atoms with Crippen LogP contribution in [0.25, 0.3) is 10.8 Å². The first-order valence-electron chi connectivity index (χ1n) is 7.99. The number of nitrogens with one attached hydrogen (secondary N) is 1. The van der Waals surface area contributed by atoms with Crippen molar-refractivity contribution in [3.63, 3.8) is 0 Å². The molecule has 0 bridgehead atoms. The van der Waals surface area contributed by atoms with Crippen molar-refractivity contribution in [2.24, 2.45) is 0 Å². The molecule has 0 radical (unpaired) electrons. The van der Waals surface area contributed by atoms with Crippen molar-refractivity contribution in [2.75, 3.05) is 12.4 Å². The van der Waals surface area contributed by atoms with Gasteiger partial charge in [0.1, 0.15) is 11.9 Å². The van der Waals surface area contributed by atoms with Crippen LogP contribution in [0.3, 0.4) is 0 Å². The van der Waals surface area contributed by atoms with E-state index in [1.165, 1.54) is 0 Å². The van der Waals surface area contributed by atoms with Gasteiger partial charge in [0.25, 0.3) is 0 Å². The number of hydrogen-bond acceptors (Lipinski definition) is 5. The minimum Gasteiger partial charge on any atom is -0.497 e. The van der Waals surface area contributed by atoms with E-state index >= 15 is 0 Å². The number of methoxy groups -OCH3 is 1. The van der Waals surface area contributed by atoms with Gasteiger partial charge in [-0.15, -0.1) is 0 Å². The van der Waals surface area contributed by atoms with Crippen molar-refractivity contribution in [2.45, 2.75) is 17.0 Å². The molecule has 0 amide bonds. The normalized spacial score (nSPS) is 19.8. The number of benzene rings is 3. The third-order valence-electron chi connectivity index (χ3n) is 4.43. The fourth-order valence-corrected chi connectivity index (χ4v) is 3.98. The summed E-state index contributed by atoms with van der Waals surface area (Å²) in [5, 5.41) is 15.8. The summed E-state index contributed by atoms with van der Waals surface area (Å²) in [5.41, 5.74) is 1.72. The second-order valence-corrected chi connectivity index (χ2v) is 6.97. The van der Waals surface area contributed by atoms with Gasteiger partial charge >= 0.3 is 0 Å². The molecule has 0 fully saturated rings. The van der Waals surface area contributed by atoms with Crippen LogP contribution in [0.1, 0.15) is 11.6 Å². The molecule has 4 rings (SSSR count). The number of thioether (sulfide) groups is 1. The van der Waals surface area contributed by atoms with Crippen molar-refractivity contribution in [3.05, 3.63) is 66.2 Å². The first-order chi connectivity index (χ1) is 12.2. The fourth-order valence-electron chi connectivity index (χ4n) is 3.10. The quantitative estimate of drug-likeness (QED) is 0.731. The monoisotopic (exact) mass is 351 g/mol. The first kappa shape index (κ1) is 16.0. The number of aliphatic hydroxyl groups excluding tert-OH is 1. The van der Waals surface area contributed by atoms with Crippen LogP contribution in [0, 0.1) is 0 Å². The molecule has 1 aliphatic rings. The van der Waals surface area contributed by atoms with E-state index < -0.39 is 12.1 Å². The Hall–Kier alpha value is -2.50. The lowest BCUT2D eigenvalue weighted by Crippen LogP contribution is -2.29. The molecule has 0 saturated heterocycles. The number of rotatable bonds is 2. The molecule has 0 aromatic heterocycles. The number of aliphatic hydroxyl groups is 1. The summed E-state index contributed by atoms with van der Waals surface area (Å²) in [6, 6.07) is 18.8. The van der Waals surface area contributed by atoms with Gasteiger partial charge in [-0.2, -0.15) is 0 Å². The molecule has 0 spiro atoms. The number of carbonyl (C=O) groups excluding carboxylic acids is 1. The maximum atomic E-state index is 12.5. The molecule has 2 atom stereocenters. The molecular weight excluding hydrogens is 334 g/mol. The Bertz CT molecular complexity index is 939. The van der Waals surface area contributed by atoms with Gasteiger partial charge in [-0.1, -0.05) is 42.5 Å². The maximum Gasteiger partial charge on any atom is 0.224 e. The zero-order chi connectivity index (χ0) is 17.4. The Morgan fingerprint density at radius 1 is 1.04 bits per heavy atom. The first-order valence-corrected chi connectivity index (χ1v) is 8.81. The van der Waals surface area contributed by atoms with E-state index in [1.807, 2.05) is 60.7 Å². The van der Waals surface area contributed by atoms with Gasteiger partial charge in [0.05, 0.1) is 18.8 Å². The third kappa shape index (κ3) is 2.86. The van der Waals surface area contributed by atoms with Gasteiger partial charge in [0.2, 0.25) is 5.12 Å². The highest BCUT2D eigenvalue weighted by atomic mass is 32.2. The Balaban J connectivity index is 1.83. The molecular formula is C20H17NO3S. The molecule has 3 aromatic carbocycles. The average Bonchev–Trinajstić information content (AvgIpc) is 2.79. The van der Waals surface area contributed by atoms with Crippen molar-refractivity contribution in [3.8, 4) is 5.75 Å². The molecule has 2 N–H and O–H groups in total. The van der Waals surface area contributed by atoms with Crippen LogP contribution < -0.4 is 10.1 Å². The van der Waals surface area contributed by atoms with Crippen LogP contribution in [0.2, 0.25) is 0 Å². The number of fused-ring (bicyclic) bond motifs is 3. The number of anilines is 1. The largest absolute Gasteiger partial charge is 0.497 e. The highest BCUT2D eigenvalue weighted by Crippen LogP contribution is 2.41. The van der Waals surface area contributed by atoms with Gasteiger partial charge in [0.15, 0.2) is 0 Å². The lowest BCUT2D eigenvalue weighted by molar-refractivity contribution is -0.118. The number of hydrogen-bond donors (Lipinski definition) is 2. The smallest absolute Gasteiger partial charge is 0.224 e. The van der Waals surface area contributed by atoms with Gasteiger partial charge in [0, 0.05) is 10.3 Å². The summed E-state index contributed by atoms with van der Waals surface area (Å²) in [4.78, 5) is 13.3. The minimum atomic E-state index is -1.13. The third-order valence-corrected chi connectivity index (χ3v) is 5.44. The number of ether oxygens (including phenoxy) is 1. The van der Waals surface area contributed by atoms with Crippen LogP contribution in [-0.2, 0) is 4.79 Å². The molecule has 3 aromatic rings. The Kier molecular flexibility index (Phi) is 4.11. The summed E-state index contributed by atoms with van der Waals surface area (Å²) in [7, 11) is 1.61. The molecule has 0 aliphatic carbocycles. The van der Waals surface area contributed by atoms with E-state index in [2.05, 4.69) is 5.32 Å². The van der Waals surface area contributed by atoms with Gasteiger partial charge in [-0.05, 0) is 40.9 Å². The maximum absolute atomic E-state index is 12.5. The zero-order valence-corrected chi connectivity index (χ0v) is 14.4. The summed E-state index contributed by atoms with van der Waals surface area (Å²) in [6.45, 7) is 0. The number of carbonyl (C=O) groups is 1. The molecule has 2 unspecified atom stereocenters. The van der Waals surface area contributed by atoms with Crippen LogP contribution in [0.15, 0.2) is 65.6 Å². The Labute approximate surface area is 149 Å². The summed E-state index contributed by atoms with van der Waals surface area (Å²) >= 11 is 1.09. The van der Waals surface area contributed by atoms with Gasteiger partial charge < -0.3 is 15.2 Å². The van der Waals surface area contributed by atoms with Crippen molar-refractivity contribution in [1.29, 1.82) is 0 Å². The molecule has 0 saturated carbocycles. The fraction of sp³-hybridized carbons (Fsp3) is 0.150. The molecule has 126 valence electrons. The molecule has 5 heteroatoms. The Morgan fingerprint density at radius 3 is 2.56 bits per heavy atom. The van der Waals surface area contributed by atoms with Crippen LogP contribution in [0.4, 0.5) is 5.69 Å². The summed E-state index contributed by atoms with van der Waals surface area (Å²) in [6.07, 6.45) is -1.13. The van der Waals surface area contributed by atoms with E-state index in [0.717, 1.165) is 44.4 Å². The van der Waals surface area contributed by atoms with Crippen LogP contribution in [0.5, 0.6) is 5.75 Å².